The summed E-state index contributed by atoms with van der Waals surface area (Å²) >= 11 is 3.40. The Bertz CT molecular complexity index is 355. The maximum absolute atomic E-state index is 9.72. The highest BCUT2D eigenvalue weighted by Gasteiger charge is 2.13. The normalized spacial score (nSPS) is 13.0. The molecule has 4 heteroatoms. The molecule has 0 aliphatic carbocycles. The van der Waals surface area contributed by atoms with E-state index < -0.39 is 0 Å². The molecule has 1 atom stereocenters. The molecule has 0 amide bonds. The molecule has 0 aliphatic rings. The standard InChI is InChI=1S/C13H20BrNO2/c1-9(2)12(8-17-3)15-7-10-6-11(14)4-5-13(10)16/h4-6,9,12,15-16H,7-8H2,1-3H3. The predicted molar refractivity (Wildman–Crippen MR) is 73.1 cm³/mol. The topological polar surface area (TPSA) is 41.5 Å². The molecule has 0 bridgehead atoms. The van der Waals surface area contributed by atoms with E-state index in [-0.39, 0.29) is 0 Å². The Labute approximate surface area is 111 Å². The summed E-state index contributed by atoms with van der Waals surface area (Å²) in [4.78, 5) is 0. The molecular weight excluding hydrogens is 282 g/mol. The quantitative estimate of drug-likeness (QED) is 0.849. The zero-order valence-corrected chi connectivity index (χ0v) is 12.1. The smallest absolute Gasteiger partial charge is 0.120 e. The van der Waals surface area contributed by atoms with Crippen LogP contribution in [0.4, 0.5) is 0 Å². The first-order chi connectivity index (χ1) is 8.04. The maximum Gasteiger partial charge on any atom is 0.120 e. The van der Waals surface area contributed by atoms with Gasteiger partial charge in [-0.25, -0.2) is 0 Å². The highest BCUT2D eigenvalue weighted by molar-refractivity contribution is 9.10. The summed E-state index contributed by atoms with van der Waals surface area (Å²) in [7, 11) is 1.70. The van der Waals surface area contributed by atoms with Crippen LogP contribution in [0, 0.1) is 5.92 Å². The monoisotopic (exact) mass is 301 g/mol. The minimum absolute atomic E-state index is 0.290. The van der Waals surface area contributed by atoms with Crippen LogP contribution in [0.1, 0.15) is 19.4 Å². The van der Waals surface area contributed by atoms with E-state index >= 15 is 0 Å². The maximum atomic E-state index is 9.72. The van der Waals surface area contributed by atoms with Gasteiger partial charge in [0.15, 0.2) is 0 Å². The van der Waals surface area contributed by atoms with Crippen molar-refractivity contribution in [3.8, 4) is 5.75 Å². The van der Waals surface area contributed by atoms with Gasteiger partial charge in [0, 0.05) is 29.7 Å². The number of rotatable bonds is 6. The van der Waals surface area contributed by atoms with Gasteiger partial charge in [-0.2, -0.15) is 0 Å². The lowest BCUT2D eigenvalue weighted by Gasteiger charge is -2.21. The number of ether oxygens (including phenoxy) is 1. The molecule has 1 aromatic rings. The minimum atomic E-state index is 0.290. The van der Waals surface area contributed by atoms with Crippen LogP contribution >= 0.6 is 15.9 Å². The molecule has 1 aromatic carbocycles. The zero-order chi connectivity index (χ0) is 12.8. The molecule has 1 unspecified atom stereocenters. The van der Waals surface area contributed by atoms with Crippen molar-refractivity contribution in [2.24, 2.45) is 5.92 Å². The van der Waals surface area contributed by atoms with E-state index in [4.69, 9.17) is 4.74 Å². The minimum Gasteiger partial charge on any atom is -0.508 e. The Hall–Kier alpha value is -0.580. The highest BCUT2D eigenvalue weighted by atomic mass is 79.9. The molecule has 3 nitrogen and oxygen atoms in total. The molecule has 1 rings (SSSR count). The molecule has 96 valence electrons. The summed E-state index contributed by atoms with van der Waals surface area (Å²) in [6, 6.07) is 5.74. The Kier molecular flexibility index (Phi) is 5.95. The molecule has 0 saturated heterocycles. The number of halogens is 1. The van der Waals surface area contributed by atoms with Crippen molar-refractivity contribution in [3.05, 3.63) is 28.2 Å². The van der Waals surface area contributed by atoms with Crippen LogP contribution in [0.5, 0.6) is 5.75 Å². The number of nitrogens with one attached hydrogen (secondary N) is 1. The molecule has 0 fully saturated rings. The second kappa shape index (κ2) is 6.99. The van der Waals surface area contributed by atoms with E-state index in [1.165, 1.54) is 0 Å². The van der Waals surface area contributed by atoms with Crippen LogP contribution in [0.3, 0.4) is 0 Å². The summed E-state index contributed by atoms with van der Waals surface area (Å²) < 4.78 is 6.15. The molecule has 0 saturated carbocycles. The van der Waals surface area contributed by atoms with Gasteiger partial charge in [0.25, 0.3) is 0 Å². The number of methoxy groups -OCH3 is 1. The van der Waals surface area contributed by atoms with Crippen LogP contribution in [0.25, 0.3) is 0 Å². The van der Waals surface area contributed by atoms with Gasteiger partial charge >= 0.3 is 0 Å². The summed E-state index contributed by atoms with van der Waals surface area (Å²) in [6.45, 7) is 5.61. The summed E-state index contributed by atoms with van der Waals surface area (Å²) in [5.41, 5.74) is 0.890. The number of phenols is 1. The van der Waals surface area contributed by atoms with Gasteiger partial charge in [0.2, 0.25) is 0 Å². The highest BCUT2D eigenvalue weighted by Crippen LogP contribution is 2.21. The van der Waals surface area contributed by atoms with Crippen LogP contribution in [-0.2, 0) is 11.3 Å². The number of phenolic OH excluding ortho intramolecular Hbond substituents is 1. The summed E-state index contributed by atoms with van der Waals surface area (Å²) in [5, 5.41) is 13.1. The van der Waals surface area contributed by atoms with E-state index in [0.717, 1.165) is 10.0 Å². The second-order valence-corrected chi connectivity index (χ2v) is 5.38. The van der Waals surface area contributed by atoms with Crippen molar-refractivity contribution in [2.75, 3.05) is 13.7 Å². The van der Waals surface area contributed by atoms with E-state index in [9.17, 15) is 5.11 Å². The van der Waals surface area contributed by atoms with Gasteiger partial charge in [-0.3, -0.25) is 0 Å². The number of hydrogen-bond donors (Lipinski definition) is 2. The molecule has 17 heavy (non-hydrogen) atoms. The van der Waals surface area contributed by atoms with Crippen molar-refractivity contribution in [1.29, 1.82) is 0 Å². The summed E-state index contributed by atoms with van der Waals surface area (Å²) in [5.74, 6) is 0.810. The molecule has 0 aromatic heterocycles. The van der Waals surface area contributed by atoms with Gasteiger partial charge in [-0.05, 0) is 24.1 Å². The van der Waals surface area contributed by atoms with Crippen molar-refractivity contribution in [3.63, 3.8) is 0 Å². The number of benzene rings is 1. The number of aromatic hydroxyl groups is 1. The first kappa shape index (κ1) is 14.5. The van der Waals surface area contributed by atoms with Gasteiger partial charge in [0.1, 0.15) is 5.75 Å². The zero-order valence-electron chi connectivity index (χ0n) is 10.5. The second-order valence-electron chi connectivity index (χ2n) is 4.46. The van der Waals surface area contributed by atoms with E-state index in [0.29, 0.717) is 30.9 Å². The fourth-order valence-electron chi connectivity index (χ4n) is 1.60. The third kappa shape index (κ3) is 4.66. The van der Waals surface area contributed by atoms with E-state index in [2.05, 4.69) is 35.1 Å². The Balaban J connectivity index is 2.61. The third-order valence-electron chi connectivity index (χ3n) is 2.75. The molecular formula is C13H20BrNO2. The Morgan fingerprint density at radius 2 is 2.12 bits per heavy atom. The third-order valence-corrected chi connectivity index (χ3v) is 3.24. The lowest BCUT2D eigenvalue weighted by molar-refractivity contribution is 0.146. The predicted octanol–water partition coefficient (Wildman–Crippen LogP) is 2.92. The molecule has 0 aliphatic heterocycles. The lowest BCUT2D eigenvalue weighted by atomic mass is 10.0. The van der Waals surface area contributed by atoms with Crippen molar-refractivity contribution >= 4 is 15.9 Å². The van der Waals surface area contributed by atoms with Crippen LogP contribution in [0.2, 0.25) is 0 Å². The first-order valence-electron chi connectivity index (χ1n) is 5.74. The first-order valence-corrected chi connectivity index (χ1v) is 6.53. The molecule has 0 radical (unpaired) electrons. The van der Waals surface area contributed by atoms with Crippen LogP contribution < -0.4 is 5.32 Å². The largest absolute Gasteiger partial charge is 0.508 e. The van der Waals surface area contributed by atoms with Gasteiger partial charge < -0.3 is 15.2 Å². The van der Waals surface area contributed by atoms with Gasteiger partial charge in [-0.1, -0.05) is 29.8 Å². The fourth-order valence-corrected chi connectivity index (χ4v) is 2.01. The van der Waals surface area contributed by atoms with Crippen molar-refractivity contribution in [2.45, 2.75) is 26.4 Å². The fraction of sp³-hybridized carbons (Fsp3) is 0.538. The Morgan fingerprint density at radius 1 is 1.41 bits per heavy atom. The average Bonchev–Trinajstić information content (AvgIpc) is 2.28. The van der Waals surface area contributed by atoms with E-state index in [1.54, 1.807) is 13.2 Å². The molecule has 0 spiro atoms. The molecule has 0 heterocycles. The van der Waals surface area contributed by atoms with Gasteiger partial charge in [0.05, 0.1) is 6.61 Å². The average molecular weight is 302 g/mol. The lowest BCUT2D eigenvalue weighted by Crippen LogP contribution is -2.37. The summed E-state index contributed by atoms with van der Waals surface area (Å²) in [6.07, 6.45) is 0. The number of hydrogen-bond acceptors (Lipinski definition) is 3. The van der Waals surface area contributed by atoms with Crippen molar-refractivity contribution < 1.29 is 9.84 Å². The van der Waals surface area contributed by atoms with E-state index in [1.807, 2.05) is 12.1 Å². The molecule has 2 N–H and O–H groups in total. The van der Waals surface area contributed by atoms with Crippen molar-refractivity contribution in [1.82, 2.24) is 5.32 Å². The van der Waals surface area contributed by atoms with Crippen LogP contribution in [-0.4, -0.2) is 24.9 Å². The van der Waals surface area contributed by atoms with Crippen LogP contribution in [0.15, 0.2) is 22.7 Å². The Morgan fingerprint density at radius 3 is 2.71 bits per heavy atom. The SMILES string of the molecule is COCC(NCc1cc(Br)ccc1O)C(C)C. The van der Waals surface area contributed by atoms with Gasteiger partial charge in [-0.15, -0.1) is 0 Å².